The zero-order valence-electron chi connectivity index (χ0n) is 18.0. The van der Waals surface area contributed by atoms with Crippen LogP contribution in [0.25, 0.3) is 11.1 Å². The molecule has 5 heteroatoms. The Kier molecular flexibility index (Phi) is 6.45. The summed E-state index contributed by atoms with van der Waals surface area (Å²) in [6, 6.07) is 24.9. The van der Waals surface area contributed by atoms with Crippen molar-refractivity contribution < 1.29 is 19.1 Å². The number of ether oxygens (including phenoxy) is 1. The first-order valence-electron chi connectivity index (χ1n) is 10.8. The molecule has 3 aromatic rings. The molecule has 1 atom stereocenters. The molecule has 1 heterocycles. The van der Waals surface area contributed by atoms with Gasteiger partial charge in [-0.05, 0) is 35.2 Å². The van der Waals surface area contributed by atoms with Crippen LogP contribution in [0.1, 0.15) is 29.3 Å². The molecule has 0 bridgehead atoms. The van der Waals surface area contributed by atoms with E-state index in [2.05, 4.69) is 6.92 Å². The molecular weight excluding hydrogens is 402 g/mol. The topological polar surface area (TPSA) is 63.7 Å². The molecule has 0 saturated carbocycles. The van der Waals surface area contributed by atoms with Gasteiger partial charge in [-0.15, -0.1) is 0 Å². The van der Waals surface area contributed by atoms with Crippen LogP contribution < -0.4 is 4.90 Å². The lowest BCUT2D eigenvalue weighted by atomic mass is 10.0. The third kappa shape index (κ3) is 4.78. The summed E-state index contributed by atoms with van der Waals surface area (Å²) in [4.78, 5) is 39.0. The van der Waals surface area contributed by atoms with Crippen LogP contribution in [0.4, 0.5) is 5.69 Å². The minimum absolute atomic E-state index is 0.0916. The van der Waals surface area contributed by atoms with Gasteiger partial charge in [0.2, 0.25) is 5.91 Å². The van der Waals surface area contributed by atoms with Gasteiger partial charge in [-0.25, -0.2) is 0 Å². The summed E-state index contributed by atoms with van der Waals surface area (Å²) in [6.45, 7) is 2.00. The Labute approximate surface area is 187 Å². The van der Waals surface area contributed by atoms with Gasteiger partial charge in [-0.2, -0.15) is 0 Å². The monoisotopic (exact) mass is 427 g/mol. The second kappa shape index (κ2) is 9.60. The lowest BCUT2D eigenvalue weighted by Crippen LogP contribution is -2.27. The molecule has 1 aliphatic rings. The highest BCUT2D eigenvalue weighted by molar-refractivity contribution is 6.01. The number of hydrogen-bond acceptors (Lipinski definition) is 4. The van der Waals surface area contributed by atoms with E-state index in [-0.39, 0.29) is 31.3 Å². The number of benzene rings is 3. The molecule has 1 aliphatic heterocycles. The predicted octanol–water partition coefficient (Wildman–Crippen LogP) is 4.70. The van der Waals surface area contributed by atoms with Crippen LogP contribution in [-0.4, -0.2) is 30.8 Å². The van der Waals surface area contributed by atoms with Gasteiger partial charge in [0.15, 0.2) is 12.4 Å². The maximum Gasteiger partial charge on any atom is 0.311 e. The molecule has 0 radical (unpaired) electrons. The van der Waals surface area contributed by atoms with Crippen molar-refractivity contribution in [2.24, 2.45) is 5.92 Å². The summed E-state index contributed by atoms with van der Waals surface area (Å²) in [5.74, 6) is -1.46. The molecule has 1 amide bonds. The van der Waals surface area contributed by atoms with E-state index in [4.69, 9.17) is 4.74 Å². The lowest BCUT2D eigenvalue weighted by Gasteiger charge is -2.17. The number of anilines is 1. The van der Waals surface area contributed by atoms with E-state index >= 15 is 0 Å². The van der Waals surface area contributed by atoms with Crippen molar-refractivity contribution in [1.82, 2.24) is 0 Å². The minimum atomic E-state index is -0.568. The van der Waals surface area contributed by atoms with E-state index in [1.807, 2.05) is 66.7 Å². The van der Waals surface area contributed by atoms with Crippen molar-refractivity contribution in [1.29, 1.82) is 0 Å². The van der Waals surface area contributed by atoms with Gasteiger partial charge in [0, 0.05) is 24.2 Å². The van der Waals surface area contributed by atoms with Crippen molar-refractivity contribution in [2.45, 2.75) is 19.8 Å². The molecule has 3 aromatic carbocycles. The van der Waals surface area contributed by atoms with E-state index in [0.29, 0.717) is 5.56 Å². The van der Waals surface area contributed by atoms with Crippen LogP contribution in [0, 0.1) is 5.92 Å². The number of aryl methyl sites for hydroxylation is 1. The molecule has 1 fully saturated rings. The number of rotatable bonds is 7. The maximum absolute atomic E-state index is 12.5. The highest BCUT2D eigenvalue weighted by atomic mass is 16.5. The largest absolute Gasteiger partial charge is 0.457 e. The summed E-state index contributed by atoms with van der Waals surface area (Å²) in [7, 11) is 0. The van der Waals surface area contributed by atoms with Gasteiger partial charge in [0.05, 0.1) is 5.92 Å². The number of esters is 1. The van der Waals surface area contributed by atoms with Crippen LogP contribution in [0.2, 0.25) is 0 Å². The molecule has 1 unspecified atom stereocenters. The number of Topliss-reactive ketones (excluding diaryl/α,β-unsaturated/α-hetero) is 1. The molecular formula is C27H25NO4. The van der Waals surface area contributed by atoms with Crippen molar-refractivity contribution in [3.63, 3.8) is 0 Å². The summed E-state index contributed by atoms with van der Waals surface area (Å²) in [5.41, 5.74) is 4.52. The fourth-order valence-electron chi connectivity index (χ4n) is 3.84. The number of nitrogens with zero attached hydrogens (tertiary/aromatic N) is 1. The van der Waals surface area contributed by atoms with Crippen LogP contribution in [0.15, 0.2) is 78.9 Å². The molecule has 0 N–H and O–H groups in total. The summed E-state index contributed by atoms with van der Waals surface area (Å²) in [5, 5.41) is 0. The van der Waals surface area contributed by atoms with Gasteiger partial charge >= 0.3 is 5.97 Å². The van der Waals surface area contributed by atoms with Gasteiger partial charge in [0.1, 0.15) is 0 Å². The van der Waals surface area contributed by atoms with Gasteiger partial charge in [0.25, 0.3) is 0 Å². The van der Waals surface area contributed by atoms with E-state index in [0.717, 1.165) is 23.2 Å². The highest BCUT2D eigenvalue weighted by Crippen LogP contribution is 2.26. The Bertz CT molecular complexity index is 1100. The molecule has 0 spiro atoms. The van der Waals surface area contributed by atoms with Gasteiger partial charge < -0.3 is 9.64 Å². The van der Waals surface area contributed by atoms with Gasteiger partial charge in [-0.3, -0.25) is 14.4 Å². The number of carbonyl (C=O) groups excluding carboxylic acids is 3. The average Bonchev–Trinajstić information content (AvgIpc) is 3.24. The van der Waals surface area contributed by atoms with E-state index in [1.54, 1.807) is 17.0 Å². The molecule has 32 heavy (non-hydrogen) atoms. The molecule has 1 saturated heterocycles. The molecule has 0 aromatic heterocycles. The summed E-state index contributed by atoms with van der Waals surface area (Å²) >= 11 is 0. The van der Waals surface area contributed by atoms with Crippen LogP contribution in [0.3, 0.4) is 0 Å². The molecule has 5 nitrogen and oxygen atoms in total. The third-order valence-electron chi connectivity index (χ3n) is 5.77. The summed E-state index contributed by atoms with van der Waals surface area (Å²) < 4.78 is 5.26. The smallest absolute Gasteiger partial charge is 0.311 e. The van der Waals surface area contributed by atoms with Crippen molar-refractivity contribution in [2.75, 3.05) is 18.1 Å². The number of ketones is 1. The second-order valence-electron chi connectivity index (χ2n) is 7.90. The fraction of sp³-hybridized carbons (Fsp3) is 0.222. The van der Waals surface area contributed by atoms with Crippen LogP contribution >= 0.6 is 0 Å². The van der Waals surface area contributed by atoms with E-state index in [1.165, 1.54) is 5.56 Å². The first kappa shape index (κ1) is 21.5. The first-order chi connectivity index (χ1) is 15.5. The minimum Gasteiger partial charge on any atom is -0.457 e. The second-order valence-corrected chi connectivity index (χ2v) is 7.90. The first-order valence-corrected chi connectivity index (χ1v) is 10.8. The Morgan fingerprint density at radius 2 is 1.56 bits per heavy atom. The predicted molar refractivity (Wildman–Crippen MR) is 123 cm³/mol. The standard InChI is InChI=1S/C27H25NO4/c1-2-19-8-14-24(15-9-19)28-17-23(16-26(28)30)27(31)32-18-25(29)22-12-10-21(11-13-22)20-6-4-3-5-7-20/h3-15,23H,2,16-18H2,1H3. The fourth-order valence-corrected chi connectivity index (χ4v) is 3.84. The molecule has 162 valence electrons. The van der Waals surface area contributed by atoms with E-state index in [9.17, 15) is 14.4 Å². The quantitative estimate of drug-likeness (QED) is 0.405. The SMILES string of the molecule is CCc1ccc(N2CC(C(=O)OCC(=O)c3ccc(-c4ccccc4)cc3)CC2=O)cc1. The normalized spacial score (nSPS) is 15.6. The van der Waals surface area contributed by atoms with E-state index < -0.39 is 11.9 Å². The highest BCUT2D eigenvalue weighted by Gasteiger charge is 2.36. The van der Waals surface area contributed by atoms with Crippen LogP contribution in [0.5, 0.6) is 0 Å². The molecule has 0 aliphatic carbocycles. The Morgan fingerprint density at radius 1 is 0.906 bits per heavy atom. The van der Waals surface area contributed by atoms with Crippen LogP contribution in [-0.2, 0) is 20.7 Å². The Hall–Kier alpha value is -3.73. The zero-order valence-corrected chi connectivity index (χ0v) is 18.0. The molecule has 4 rings (SSSR count). The zero-order chi connectivity index (χ0) is 22.5. The number of carbonyl (C=O) groups is 3. The average molecular weight is 428 g/mol. The summed E-state index contributed by atoms with van der Waals surface area (Å²) in [6.07, 6.45) is 1.01. The maximum atomic E-state index is 12.5. The number of hydrogen-bond donors (Lipinski definition) is 0. The Morgan fingerprint density at radius 3 is 2.22 bits per heavy atom. The van der Waals surface area contributed by atoms with Gasteiger partial charge in [-0.1, -0.05) is 73.7 Å². The van der Waals surface area contributed by atoms with Crippen molar-refractivity contribution >= 4 is 23.3 Å². The van der Waals surface area contributed by atoms with Crippen molar-refractivity contribution in [3.05, 3.63) is 90.0 Å². The van der Waals surface area contributed by atoms with Crippen molar-refractivity contribution in [3.8, 4) is 11.1 Å². The Balaban J connectivity index is 1.32. The number of amides is 1. The third-order valence-corrected chi connectivity index (χ3v) is 5.77. The lowest BCUT2D eigenvalue weighted by molar-refractivity contribution is -0.147.